The molecular weight excluding hydrogens is 504 g/mol. The number of aliphatic hydroxyl groups excluding tert-OH is 1. The molecule has 0 unspecified atom stereocenters. The maximum Gasteiger partial charge on any atom is 0.243 e. The van der Waals surface area contributed by atoms with Crippen LogP contribution in [-0.4, -0.2) is 55.1 Å². The Morgan fingerprint density at radius 2 is 1.76 bits per heavy atom. The highest BCUT2D eigenvalue weighted by molar-refractivity contribution is 7.89. The van der Waals surface area contributed by atoms with Gasteiger partial charge in [0.25, 0.3) is 0 Å². The predicted molar refractivity (Wildman–Crippen MR) is 143 cm³/mol. The molecule has 38 heavy (non-hydrogen) atoms. The van der Waals surface area contributed by atoms with Crippen LogP contribution in [0.3, 0.4) is 0 Å². The van der Waals surface area contributed by atoms with Gasteiger partial charge in [0.2, 0.25) is 16.8 Å². The van der Waals surface area contributed by atoms with Gasteiger partial charge in [-0.15, -0.1) is 0 Å². The SMILES string of the molecule is O=C(Cc1cccc(-c2ccc(S(=O)(=O)N3CCC(CO)CC3)cc2)n1)C1(c2ccc3c(c2)OCO3)CC1.[HH]. The quantitative estimate of drug-likeness (QED) is 0.465. The van der Waals surface area contributed by atoms with Gasteiger partial charge in [-0.05, 0) is 73.6 Å². The van der Waals surface area contributed by atoms with Crippen molar-refractivity contribution in [2.45, 2.75) is 42.4 Å². The van der Waals surface area contributed by atoms with Crippen LogP contribution >= 0.6 is 0 Å². The van der Waals surface area contributed by atoms with E-state index in [2.05, 4.69) is 0 Å². The molecule has 2 aliphatic heterocycles. The summed E-state index contributed by atoms with van der Waals surface area (Å²) in [7, 11) is -3.59. The third-order valence-electron chi connectivity index (χ3n) is 7.98. The van der Waals surface area contributed by atoms with Gasteiger partial charge in [0, 0.05) is 38.8 Å². The van der Waals surface area contributed by atoms with Gasteiger partial charge in [-0.3, -0.25) is 9.78 Å². The molecule has 2 fully saturated rings. The van der Waals surface area contributed by atoms with E-state index in [1.807, 2.05) is 36.4 Å². The topological polar surface area (TPSA) is 106 Å². The average Bonchev–Trinajstić information content (AvgIpc) is 3.64. The molecule has 0 bridgehead atoms. The standard InChI is InChI=1S/C29H30N2O6S.H2/c32-18-20-10-14-31(15-11-20)38(34,35)24-7-4-21(5-8-24)25-3-1-2-23(30-25)17-28(33)29(12-13-29)22-6-9-26-27(16-22)37-19-36-26;/h1-9,16,20,32H,10-15,17-19H2;1H. The minimum absolute atomic E-state index is 0. The number of carbonyl (C=O) groups excluding carboxylic acids is 1. The van der Waals surface area contributed by atoms with E-state index in [9.17, 15) is 18.3 Å². The van der Waals surface area contributed by atoms with Gasteiger partial charge in [0.05, 0.1) is 16.0 Å². The number of sulfonamides is 1. The van der Waals surface area contributed by atoms with Crippen LogP contribution < -0.4 is 9.47 Å². The van der Waals surface area contributed by atoms with Crippen molar-refractivity contribution in [2.24, 2.45) is 5.92 Å². The monoisotopic (exact) mass is 536 g/mol. The number of pyridine rings is 1. The van der Waals surface area contributed by atoms with Crippen LogP contribution in [-0.2, 0) is 26.7 Å². The first-order valence-corrected chi connectivity index (χ1v) is 14.4. The Bertz CT molecular complexity index is 1470. The van der Waals surface area contributed by atoms with E-state index in [1.165, 1.54) is 4.31 Å². The highest BCUT2D eigenvalue weighted by Crippen LogP contribution is 2.51. The molecule has 2 aromatic carbocycles. The highest BCUT2D eigenvalue weighted by atomic mass is 32.2. The second-order valence-electron chi connectivity index (χ2n) is 10.3. The Morgan fingerprint density at radius 3 is 2.47 bits per heavy atom. The fraction of sp³-hybridized carbons (Fsp3) is 0.379. The average molecular weight is 537 g/mol. The zero-order valence-electron chi connectivity index (χ0n) is 21.0. The Hall–Kier alpha value is -3.27. The van der Waals surface area contributed by atoms with Gasteiger partial charge in [-0.2, -0.15) is 4.31 Å². The number of ether oxygens (including phenoxy) is 2. The summed E-state index contributed by atoms with van der Waals surface area (Å²) in [5.74, 6) is 1.69. The van der Waals surface area contributed by atoms with Gasteiger partial charge in [0.1, 0.15) is 5.78 Å². The molecule has 6 rings (SSSR count). The van der Waals surface area contributed by atoms with Gasteiger partial charge in [-0.25, -0.2) is 8.42 Å². The number of hydrogen-bond donors (Lipinski definition) is 1. The number of Topliss-reactive ketones (excluding diaryl/α,β-unsaturated/α-hetero) is 1. The van der Waals surface area contributed by atoms with Gasteiger partial charge < -0.3 is 14.6 Å². The van der Waals surface area contributed by atoms with Crippen molar-refractivity contribution >= 4 is 15.8 Å². The Labute approximate surface area is 223 Å². The Kier molecular flexibility index (Phi) is 6.45. The summed E-state index contributed by atoms with van der Waals surface area (Å²) in [5, 5.41) is 9.33. The number of nitrogens with zero attached hydrogens (tertiary/aromatic N) is 2. The van der Waals surface area contributed by atoms with Crippen LogP contribution in [0.1, 0.15) is 38.4 Å². The molecule has 0 amide bonds. The molecule has 3 heterocycles. The minimum atomic E-state index is -3.59. The molecule has 1 saturated heterocycles. The van der Waals surface area contributed by atoms with Crippen LogP contribution in [0.15, 0.2) is 65.6 Å². The van der Waals surface area contributed by atoms with Crippen LogP contribution in [0.25, 0.3) is 11.3 Å². The van der Waals surface area contributed by atoms with E-state index in [-0.39, 0.29) is 37.8 Å². The number of carbonyl (C=O) groups is 1. The lowest BCUT2D eigenvalue weighted by atomic mass is 9.88. The van der Waals surface area contributed by atoms with Gasteiger partial charge in [0.15, 0.2) is 11.5 Å². The second-order valence-corrected chi connectivity index (χ2v) is 12.3. The third-order valence-corrected chi connectivity index (χ3v) is 9.89. The minimum Gasteiger partial charge on any atom is -0.454 e. The Morgan fingerprint density at radius 1 is 1.03 bits per heavy atom. The van der Waals surface area contributed by atoms with Crippen LogP contribution in [0.2, 0.25) is 0 Å². The van der Waals surface area contributed by atoms with Gasteiger partial charge in [-0.1, -0.05) is 24.3 Å². The third kappa shape index (κ3) is 4.59. The zero-order chi connectivity index (χ0) is 26.3. The summed E-state index contributed by atoms with van der Waals surface area (Å²) in [4.78, 5) is 18.4. The van der Waals surface area contributed by atoms with Crippen LogP contribution in [0.5, 0.6) is 11.5 Å². The summed E-state index contributed by atoms with van der Waals surface area (Å²) in [5.41, 5.74) is 2.62. The van der Waals surface area contributed by atoms with Crippen molar-refractivity contribution in [3.05, 3.63) is 71.9 Å². The van der Waals surface area contributed by atoms with E-state index in [4.69, 9.17) is 14.5 Å². The molecule has 1 saturated carbocycles. The molecule has 0 radical (unpaired) electrons. The summed E-state index contributed by atoms with van der Waals surface area (Å²) in [6, 6.07) is 18.1. The smallest absolute Gasteiger partial charge is 0.243 e. The molecule has 0 atom stereocenters. The molecule has 0 spiro atoms. The van der Waals surface area contributed by atoms with Crippen molar-refractivity contribution in [1.29, 1.82) is 0 Å². The molecule has 1 N–H and O–H groups in total. The highest BCUT2D eigenvalue weighted by Gasteiger charge is 2.51. The predicted octanol–water partition coefficient (Wildman–Crippen LogP) is 3.96. The summed E-state index contributed by atoms with van der Waals surface area (Å²) >= 11 is 0. The molecule has 8 nitrogen and oxygen atoms in total. The van der Waals surface area contributed by atoms with Crippen LogP contribution in [0.4, 0.5) is 0 Å². The molecule has 9 heteroatoms. The number of piperidine rings is 1. The fourth-order valence-corrected chi connectivity index (χ4v) is 6.87. The first-order chi connectivity index (χ1) is 18.4. The normalized spacial score (nSPS) is 18.9. The molecule has 3 aliphatic rings. The summed E-state index contributed by atoms with van der Waals surface area (Å²) < 4.78 is 38.6. The summed E-state index contributed by atoms with van der Waals surface area (Å²) in [6.07, 6.45) is 3.16. The maximum absolute atomic E-state index is 13.4. The number of ketones is 1. The maximum atomic E-state index is 13.4. The lowest BCUT2D eigenvalue weighted by molar-refractivity contribution is -0.120. The lowest BCUT2D eigenvalue weighted by Gasteiger charge is -2.30. The first-order valence-electron chi connectivity index (χ1n) is 13.0. The van der Waals surface area contributed by atoms with Crippen molar-refractivity contribution in [3.8, 4) is 22.8 Å². The summed E-state index contributed by atoms with van der Waals surface area (Å²) in [6.45, 7) is 1.13. The van der Waals surface area contributed by atoms with Crippen molar-refractivity contribution in [1.82, 2.24) is 9.29 Å². The van der Waals surface area contributed by atoms with Crippen LogP contribution in [0, 0.1) is 5.92 Å². The Balaban J connectivity index is 0.00000308. The number of fused-ring (bicyclic) bond motifs is 1. The molecule has 3 aromatic rings. The molecular formula is C29H32N2O6S. The van der Waals surface area contributed by atoms with Crippen molar-refractivity contribution in [3.63, 3.8) is 0 Å². The number of aliphatic hydroxyl groups is 1. The zero-order valence-corrected chi connectivity index (χ0v) is 21.8. The number of aromatic nitrogens is 1. The van der Waals surface area contributed by atoms with Crippen molar-refractivity contribution < 1.29 is 29.2 Å². The molecule has 1 aliphatic carbocycles. The number of hydrogen-bond acceptors (Lipinski definition) is 7. The lowest BCUT2D eigenvalue weighted by Crippen LogP contribution is -2.39. The van der Waals surface area contributed by atoms with E-state index >= 15 is 0 Å². The second kappa shape index (κ2) is 9.80. The molecule has 200 valence electrons. The fourth-order valence-electron chi connectivity index (χ4n) is 5.40. The van der Waals surface area contributed by atoms with Gasteiger partial charge >= 0.3 is 0 Å². The number of rotatable bonds is 8. The van der Waals surface area contributed by atoms with E-state index in [0.29, 0.717) is 48.8 Å². The largest absolute Gasteiger partial charge is 0.454 e. The number of benzene rings is 2. The first kappa shape index (κ1) is 25.0. The van der Waals surface area contributed by atoms with E-state index in [1.54, 1.807) is 24.3 Å². The van der Waals surface area contributed by atoms with E-state index < -0.39 is 15.4 Å². The van der Waals surface area contributed by atoms with Crippen molar-refractivity contribution in [2.75, 3.05) is 26.5 Å². The molecule has 1 aromatic heterocycles. The van der Waals surface area contributed by atoms with E-state index in [0.717, 1.165) is 24.0 Å².